The number of carbonyl (C=O) groups excluding carboxylic acids is 1. The minimum atomic E-state index is -0.442. The first-order valence-electron chi connectivity index (χ1n) is 6.31. The molecule has 20 heavy (non-hydrogen) atoms. The molecule has 0 aromatic carbocycles. The number of carbonyl (C=O) groups is 1. The standard InChI is InChI=1S/C14H14N4O2/c1-8-4-3-5-16-11(8)13-17-10-7-15-6-9(10)12(18-13)14(19)20-2/h3-5,15H,6-7H2,1-2H3. The van der Waals surface area contributed by atoms with Gasteiger partial charge in [-0.3, -0.25) is 4.98 Å². The Morgan fingerprint density at radius 1 is 1.35 bits per heavy atom. The normalized spacial score (nSPS) is 13.1. The van der Waals surface area contributed by atoms with E-state index in [1.54, 1.807) is 6.20 Å². The Morgan fingerprint density at radius 2 is 2.20 bits per heavy atom. The second kappa shape index (κ2) is 4.97. The van der Waals surface area contributed by atoms with E-state index >= 15 is 0 Å². The predicted molar refractivity (Wildman–Crippen MR) is 71.9 cm³/mol. The van der Waals surface area contributed by atoms with Gasteiger partial charge < -0.3 is 10.1 Å². The SMILES string of the molecule is COC(=O)c1nc(-c2ncccc2C)nc2c1CNC2. The average molecular weight is 270 g/mol. The van der Waals surface area contributed by atoms with Crippen molar-refractivity contribution in [3.05, 3.63) is 40.8 Å². The molecule has 0 aliphatic carbocycles. The molecule has 0 spiro atoms. The number of aromatic nitrogens is 3. The largest absolute Gasteiger partial charge is 0.464 e. The van der Waals surface area contributed by atoms with Gasteiger partial charge in [0.2, 0.25) is 0 Å². The summed E-state index contributed by atoms with van der Waals surface area (Å²) in [6, 6.07) is 3.80. The highest BCUT2D eigenvalue weighted by Crippen LogP contribution is 2.23. The third-order valence-electron chi connectivity index (χ3n) is 3.29. The Morgan fingerprint density at radius 3 is 2.95 bits per heavy atom. The molecule has 3 rings (SSSR count). The van der Waals surface area contributed by atoms with Gasteiger partial charge in [0.05, 0.1) is 12.8 Å². The van der Waals surface area contributed by atoms with Gasteiger partial charge in [0, 0.05) is 24.8 Å². The van der Waals surface area contributed by atoms with Crippen molar-refractivity contribution in [2.75, 3.05) is 7.11 Å². The fraction of sp³-hybridized carbons (Fsp3) is 0.286. The molecule has 6 heteroatoms. The summed E-state index contributed by atoms with van der Waals surface area (Å²) < 4.78 is 4.81. The number of rotatable bonds is 2. The number of ether oxygens (including phenoxy) is 1. The number of esters is 1. The summed E-state index contributed by atoms with van der Waals surface area (Å²) in [5.74, 6) is 0.0214. The third-order valence-corrected chi connectivity index (χ3v) is 3.29. The van der Waals surface area contributed by atoms with E-state index in [2.05, 4.69) is 20.3 Å². The van der Waals surface area contributed by atoms with Gasteiger partial charge >= 0.3 is 5.97 Å². The van der Waals surface area contributed by atoms with Crippen molar-refractivity contribution in [3.8, 4) is 11.5 Å². The second-order valence-corrected chi connectivity index (χ2v) is 4.59. The molecule has 0 radical (unpaired) electrons. The van der Waals surface area contributed by atoms with Crippen molar-refractivity contribution in [1.29, 1.82) is 0 Å². The van der Waals surface area contributed by atoms with Crippen molar-refractivity contribution in [3.63, 3.8) is 0 Å². The van der Waals surface area contributed by atoms with Crippen LogP contribution in [0.5, 0.6) is 0 Å². The molecular formula is C14H14N4O2. The first-order valence-corrected chi connectivity index (χ1v) is 6.31. The van der Waals surface area contributed by atoms with Crippen molar-refractivity contribution < 1.29 is 9.53 Å². The number of aryl methyl sites for hydroxylation is 1. The van der Waals surface area contributed by atoms with Crippen LogP contribution >= 0.6 is 0 Å². The van der Waals surface area contributed by atoms with E-state index in [9.17, 15) is 4.79 Å². The third kappa shape index (κ3) is 2.04. The Labute approximate surface area is 116 Å². The molecule has 0 amide bonds. The van der Waals surface area contributed by atoms with Gasteiger partial charge in [0.25, 0.3) is 0 Å². The highest BCUT2D eigenvalue weighted by atomic mass is 16.5. The summed E-state index contributed by atoms with van der Waals surface area (Å²) >= 11 is 0. The second-order valence-electron chi connectivity index (χ2n) is 4.59. The molecular weight excluding hydrogens is 256 g/mol. The van der Waals surface area contributed by atoms with E-state index in [1.807, 2.05) is 19.1 Å². The van der Waals surface area contributed by atoms with Crippen LogP contribution in [0, 0.1) is 6.92 Å². The Bertz CT molecular complexity index is 685. The zero-order chi connectivity index (χ0) is 14.1. The number of fused-ring (bicyclic) bond motifs is 1. The molecule has 2 aromatic heterocycles. The minimum absolute atomic E-state index is 0.322. The molecule has 0 saturated heterocycles. The van der Waals surface area contributed by atoms with E-state index < -0.39 is 5.97 Å². The number of nitrogens with one attached hydrogen (secondary N) is 1. The highest BCUT2D eigenvalue weighted by molar-refractivity contribution is 5.89. The van der Waals surface area contributed by atoms with Crippen molar-refractivity contribution in [1.82, 2.24) is 20.3 Å². The first kappa shape index (κ1) is 12.7. The summed E-state index contributed by atoms with van der Waals surface area (Å²) in [5.41, 5.74) is 3.62. The topological polar surface area (TPSA) is 77.0 Å². The Hall–Kier alpha value is -2.34. The van der Waals surface area contributed by atoms with Gasteiger partial charge in [-0.1, -0.05) is 6.07 Å². The first-order chi connectivity index (χ1) is 9.70. The lowest BCUT2D eigenvalue weighted by Gasteiger charge is -2.09. The molecule has 6 nitrogen and oxygen atoms in total. The van der Waals surface area contributed by atoms with E-state index in [0.29, 0.717) is 30.3 Å². The summed E-state index contributed by atoms with van der Waals surface area (Å²) in [6.45, 7) is 3.15. The Kier molecular flexibility index (Phi) is 3.15. The molecule has 0 bridgehead atoms. The molecule has 0 atom stereocenters. The lowest BCUT2D eigenvalue weighted by molar-refractivity contribution is 0.0592. The number of nitrogens with zero attached hydrogens (tertiary/aromatic N) is 3. The van der Waals surface area contributed by atoms with Gasteiger partial charge in [-0.25, -0.2) is 14.8 Å². The summed E-state index contributed by atoms with van der Waals surface area (Å²) in [5, 5.41) is 3.17. The van der Waals surface area contributed by atoms with Crippen LogP contribution in [0.1, 0.15) is 27.3 Å². The van der Waals surface area contributed by atoms with Gasteiger partial charge in [0.1, 0.15) is 5.69 Å². The maximum Gasteiger partial charge on any atom is 0.357 e. The van der Waals surface area contributed by atoms with E-state index in [0.717, 1.165) is 16.8 Å². The lowest BCUT2D eigenvalue weighted by Crippen LogP contribution is -2.12. The fourth-order valence-corrected chi connectivity index (χ4v) is 2.26. The molecule has 0 unspecified atom stereocenters. The number of hydrogen-bond acceptors (Lipinski definition) is 6. The van der Waals surface area contributed by atoms with Crippen molar-refractivity contribution in [2.24, 2.45) is 0 Å². The lowest BCUT2D eigenvalue weighted by atomic mass is 10.1. The zero-order valence-corrected chi connectivity index (χ0v) is 11.3. The molecule has 1 aliphatic rings. The van der Waals surface area contributed by atoms with Crippen LogP contribution < -0.4 is 5.32 Å². The van der Waals surface area contributed by atoms with Crippen LogP contribution in [0.3, 0.4) is 0 Å². The maximum absolute atomic E-state index is 11.9. The van der Waals surface area contributed by atoms with E-state index in [4.69, 9.17) is 4.74 Å². The van der Waals surface area contributed by atoms with Crippen molar-refractivity contribution >= 4 is 5.97 Å². The van der Waals surface area contributed by atoms with E-state index in [1.165, 1.54) is 7.11 Å². The molecule has 1 aliphatic heterocycles. The quantitative estimate of drug-likeness (QED) is 0.827. The summed E-state index contributed by atoms with van der Waals surface area (Å²) in [4.78, 5) is 25.1. The van der Waals surface area contributed by atoms with E-state index in [-0.39, 0.29) is 0 Å². The van der Waals surface area contributed by atoms with Crippen LogP contribution in [0.25, 0.3) is 11.5 Å². The smallest absolute Gasteiger partial charge is 0.357 e. The van der Waals surface area contributed by atoms with Gasteiger partial charge in [-0.05, 0) is 18.6 Å². The highest BCUT2D eigenvalue weighted by Gasteiger charge is 2.24. The monoisotopic (exact) mass is 270 g/mol. The molecule has 0 saturated carbocycles. The molecule has 1 N–H and O–H groups in total. The van der Waals surface area contributed by atoms with Gasteiger partial charge in [-0.15, -0.1) is 0 Å². The van der Waals surface area contributed by atoms with Gasteiger partial charge in [-0.2, -0.15) is 0 Å². The van der Waals surface area contributed by atoms with Crippen LogP contribution in [0.15, 0.2) is 18.3 Å². The maximum atomic E-state index is 11.9. The zero-order valence-electron chi connectivity index (χ0n) is 11.3. The minimum Gasteiger partial charge on any atom is -0.464 e. The number of pyridine rings is 1. The van der Waals surface area contributed by atoms with Crippen LogP contribution in [0.4, 0.5) is 0 Å². The molecule has 2 aromatic rings. The van der Waals surface area contributed by atoms with Crippen LogP contribution in [-0.4, -0.2) is 28.0 Å². The molecule has 0 fully saturated rings. The average Bonchev–Trinajstić information content (AvgIpc) is 2.94. The molecule has 3 heterocycles. The predicted octanol–water partition coefficient (Wildman–Crippen LogP) is 1.24. The van der Waals surface area contributed by atoms with Crippen molar-refractivity contribution in [2.45, 2.75) is 20.0 Å². The molecule has 102 valence electrons. The van der Waals surface area contributed by atoms with Crippen LogP contribution in [0.2, 0.25) is 0 Å². The van der Waals surface area contributed by atoms with Gasteiger partial charge in [0.15, 0.2) is 11.5 Å². The number of hydrogen-bond donors (Lipinski definition) is 1. The fourth-order valence-electron chi connectivity index (χ4n) is 2.26. The van der Waals surface area contributed by atoms with Crippen LogP contribution in [-0.2, 0) is 17.8 Å². The Balaban J connectivity index is 2.19. The number of methoxy groups -OCH3 is 1. The summed E-state index contributed by atoms with van der Waals surface area (Å²) in [6.07, 6.45) is 1.69. The summed E-state index contributed by atoms with van der Waals surface area (Å²) in [7, 11) is 1.35.